The summed E-state index contributed by atoms with van der Waals surface area (Å²) in [5.74, 6) is 1.16. The van der Waals surface area contributed by atoms with Crippen LogP contribution in [0.5, 0.6) is 11.5 Å². The van der Waals surface area contributed by atoms with Gasteiger partial charge >= 0.3 is 0 Å². The van der Waals surface area contributed by atoms with Crippen LogP contribution in [0, 0.1) is 0 Å². The summed E-state index contributed by atoms with van der Waals surface area (Å²) in [6.45, 7) is 1.62. The third-order valence-electron chi connectivity index (χ3n) is 4.12. The van der Waals surface area contributed by atoms with Crippen LogP contribution in [0.25, 0.3) is 0 Å². The Kier molecular flexibility index (Phi) is 5.01. The molecule has 0 N–H and O–H groups in total. The molecule has 24 heavy (non-hydrogen) atoms. The fourth-order valence-electron chi connectivity index (χ4n) is 2.82. The number of carbonyl (C=O) groups excluding carboxylic acids is 1. The molecule has 0 bridgehead atoms. The number of ether oxygens (including phenoxy) is 3. The summed E-state index contributed by atoms with van der Waals surface area (Å²) in [5.41, 5.74) is 1.64. The predicted molar refractivity (Wildman–Crippen MR) is 90.6 cm³/mol. The van der Waals surface area contributed by atoms with Crippen molar-refractivity contribution >= 4 is 5.91 Å². The molecule has 1 aliphatic rings. The molecule has 0 unspecified atom stereocenters. The highest BCUT2D eigenvalue weighted by Gasteiger charge is 2.26. The van der Waals surface area contributed by atoms with Crippen LogP contribution in [-0.2, 0) is 4.74 Å². The van der Waals surface area contributed by atoms with Crippen molar-refractivity contribution in [2.45, 2.75) is 6.10 Å². The highest BCUT2D eigenvalue weighted by Crippen LogP contribution is 2.26. The molecule has 1 fully saturated rings. The first-order valence-corrected chi connectivity index (χ1v) is 7.90. The first-order chi connectivity index (χ1) is 11.7. The van der Waals surface area contributed by atoms with E-state index in [1.54, 1.807) is 32.4 Å². The molecule has 2 aromatic rings. The second-order valence-corrected chi connectivity index (χ2v) is 5.62. The van der Waals surface area contributed by atoms with E-state index in [4.69, 9.17) is 14.2 Å². The Balaban J connectivity index is 1.79. The van der Waals surface area contributed by atoms with Crippen molar-refractivity contribution < 1.29 is 19.0 Å². The van der Waals surface area contributed by atoms with Gasteiger partial charge < -0.3 is 19.1 Å². The number of nitrogens with zero attached hydrogens (tertiary/aromatic N) is 1. The molecule has 1 saturated heterocycles. The summed E-state index contributed by atoms with van der Waals surface area (Å²) < 4.78 is 16.3. The maximum atomic E-state index is 12.9. The molecule has 0 spiro atoms. The number of methoxy groups -OCH3 is 2. The minimum atomic E-state index is -0.101. The predicted octanol–water partition coefficient (Wildman–Crippen LogP) is 2.92. The Morgan fingerprint density at radius 3 is 2.38 bits per heavy atom. The standard InChI is InChI=1S/C19H21NO4/c1-22-16-10-15(11-17(12-16)23-2)19(21)20-8-9-24-18(13-20)14-6-4-3-5-7-14/h3-7,10-12,18H,8-9,13H2,1-2H3/t18-/m0/s1. The van der Waals surface area contributed by atoms with Gasteiger partial charge in [-0.05, 0) is 17.7 Å². The SMILES string of the molecule is COc1cc(OC)cc(C(=O)N2CCO[C@H](c3ccccc3)C2)c1. The van der Waals surface area contributed by atoms with Crippen molar-refractivity contribution in [2.24, 2.45) is 0 Å². The van der Waals surface area contributed by atoms with Crippen molar-refractivity contribution in [3.05, 3.63) is 59.7 Å². The zero-order chi connectivity index (χ0) is 16.9. The molecular weight excluding hydrogens is 306 g/mol. The summed E-state index contributed by atoms with van der Waals surface area (Å²) in [5, 5.41) is 0. The summed E-state index contributed by atoms with van der Waals surface area (Å²) in [6.07, 6.45) is -0.101. The normalized spacial score (nSPS) is 17.4. The third kappa shape index (κ3) is 3.51. The Morgan fingerprint density at radius 2 is 1.75 bits per heavy atom. The van der Waals surface area contributed by atoms with Gasteiger partial charge in [0.2, 0.25) is 0 Å². The quantitative estimate of drug-likeness (QED) is 0.866. The van der Waals surface area contributed by atoms with E-state index in [-0.39, 0.29) is 12.0 Å². The Morgan fingerprint density at radius 1 is 1.08 bits per heavy atom. The van der Waals surface area contributed by atoms with Gasteiger partial charge in [-0.15, -0.1) is 0 Å². The molecule has 5 nitrogen and oxygen atoms in total. The number of carbonyl (C=O) groups is 1. The summed E-state index contributed by atoms with van der Waals surface area (Å²) in [4.78, 5) is 14.7. The van der Waals surface area contributed by atoms with Gasteiger partial charge in [0.25, 0.3) is 5.91 Å². The fourth-order valence-corrected chi connectivity index (χ4v) is 2.82. The summed E-state index contributed by atoms with van der Waals surface area (Å²) in [6, 6.07) is 15.2. The Bertz CT molecular complexity index is 680. The summed E-state index contributed by atoms with van der Waals surface area (Å²) in [7, 11) is 3.15. The molecular formula is C19H21NO4. The van der Waals surface area contributed by atoms with Crippen LogP contribution < -0.4 is 9.47 Å². The second-order valence-electron chi connectivity index (χ2n) is 5.62. The van der Waals surface area contributed by atoms with Crippen LogP contribution in [0.1, 0.15) is 22.0 Å². The highest BCUT2D eigenvalue weighted by atomic mass is 16.5. The van der Waals surface area contributed by atoms with Gasteiger partial charge in [-0.25, -0.2) is 0 Å². The number of hydrogen-bond acceptors (Lipinski definition) is 4. The average Bonchev–Trinajstić information content (AvgIpc) is 2.67. The van der Waals surface area contributed by atoms with E-state index < -0.39 is 0 Å². The van der Waals surface area contributed by atoms with E-state index in [2.05, 4.69) is 0 Å². The van der Waals surface area contributed by atoms with Crippen LogP contribution in [0.4, 0.5) is 0 Å². The largest absolute Gasteiger partial charge is 0.497 e. The molecule has 0 radical (unpaired) electrons. The minimum Gasteiger partial charge on any atom is -0.497 e. The van der Waals surface area contributed by atoms with E-state index in [1.807, 2.05) is 35.2 Å². The van der Waals surface area contributed by atoms with E-state index in [0.29, 0.717) is 36.8 Å². The molecule has 2 aromatic carbocycles. The maximum absolute atomic E-state index is 12.9. The number of rotatable bonds is 4. The lowest BCUT2D eigenvalue weighted by Crippen LogP contribution is -2.42. The number of amides is 1. The van der Waals surface area contributed by atoms with Gasteiger partial charge in [0.05, 0.1) is 27.4 Å². The van der Waals surface area contributed by atoms with Crippen LogP contribution in [-0.4, -0.2) is 44.7 Å². The monoisotopic (exact) mass is 327 g/mol. The molecule has 0 aliphatic carbocycles. The van der Waals surface area contributed by atoms with Crippen LogP contribution in [0.2, 0.25) is 0 Å². The average molecular weight is 327 g/mol. The van der Waals surface area contributed by atoms with Crippen molar-refractivity contribution in [1.29, 1.82) is 0 Å². The van der Waals surface area contributed by atoms with Crippen molar-refractivity contribution in [3.8, 4) is 11.5 Å². The van der Waals surface area contributed by atoms with E-state index in [1.165, 1.54) is 0 Å². The molecule has 3 rings (SSSR count). The second kappa shape index (κ2) is 7.36. The molecule has 1 atom stereocenters. The Hall–Kier alpha value is -2.53. The molecule has 126 valence electrons. The smallest absolute Gasteiger partial charge is 0.254 e. The molecule has 1 aliphatic heterocycles. The van der Waals surface area contributed by atoms with Crippen LogP contribution in [0.3, 0.4) is 0 Å². The van der Waals surface area contributed by atoms with Gasteiger partial charge in [-0.1, -0.05) is 30.3 Å². The van der Waals surface area contributed by atoms with Crippen molar-refractivity contribution in [3.63, 3.8) is 0 Å². The number of benzene rings is 2. The molecule has 1 amide bonds. The first-order valence-electron chi connectivity index (χ1n) is 7.90. The van der Waals surface area contributed by atoms with Gasteiger partial charge in [0.15, 0.2) is 0 Å². The third-order valence-corrected chi connectivity index (χ3v) is 4.12. The van der Waals surface area contributed by atoms with Crippen LogP contribution in [0.15, 0.2) is 48.5 Å². The lowest BCUT2D eigenvalue weighted by atomic mass is 10.1. The van der Waals surface area contributed by atoms with E-state index >= 15 is 0 Å². The molecule has 0 aromatic heterocycles. The molecule has 5 heteroatoms. The number of hydrogen-bond donors (Lipinski definition) is 0. The van der Waals surface area contributed by atoms with Gasteiger partial charge in [-0.3, -0.25) is 4.79 Å². The first kappa shape index (κ1) is 16.3. The van der Waals surface area contributed by atoms with E-state index in [0.717, 1.165) is 5.56 Å². The topological polar surface area (TPSA) is 48.0 Å². The van der Waals surface area contributed by atoms with Crippen molar-refractivity contribution in [1.82, 2.24) is 4.90 Å². The highest BCUT2D eigenvalue weighted by molar-refractivity contribution is 5.95. The number of morpholine rings is 1. The van der Waals surface area contributed by atoms with Crippen molar-refractivity contribution in [2.75, 3.05) is 33.9 Å². The van der Waals surface area contributed by atoms with Crippen LogP contribution >= 0.6 is 0 Å². The zero-order valence-corrected chi connectivity index (χ0v) is 13.9. The summed E-state index contributed by atoms with van der Waals surface area (Å²) >= 11 is 0. The lowest BCUT2D eigenvalue weighted by Gasteiger charge is -2.33. The van der Waals surface area contributed by atoms with Gasteiger partial charge in [-0.2, -0.15) is 0 Å². The Labute approximate surface area is 141 Å². The van der Waals surface area contributed by atoms with Gasteiger partial charge in [0, 0.05) is 18.2 Å². The van der Waals surface area contributed by atoms with E-state index in [9.17, 15) is 4.79 Å². The molecule has 1 heterocycles. The fraction of sp³-hybridized carbons (Fsp3) is 0.316. The maximum Gasteiger partial charge on any atom is 0.254 e. The minimum absolute atomic E-state index is 0.0450. The zero-order valence-electron chi connectivity index (χ0n) is 13.9. The molecule has 0 saturated carbocycles. The van der Waals surface area contributed by atoms with Gasteiger partial charge in [0.1, 0.15) is 17.6 Å². The lowest BCUT2D eigenvalue weighted by molar-refractivity contribution is -0.0228.